The molecule has 0 radical (unpaired) electrons. The molecule has 0 bridgehead atoms. The number of para-hydroxylation sites is 2. The summed E-state index contributed by atoms with van der Waals surface area (Å²) in [5, 5.41) is 4.24. The zero-order valence-electron chi connectivity index (χ0n) is 17.2. The Morgan fingerprint density at radius 1 is 1.11 bits per heavy atom. The Morgan fingerprint density at radius 2 is 1.89 bits per heavy atom. The summed E-state index contributed by atoms with van der Waals surface area (Å²) >= 11 is 0. The molecule has 0 aliphatic carbocycles. The Kier molecular flexibility index (Phi) is 6.40. The number of H-pyrrole nitrogens is 1. The summed E-state index contributed by atoms with van der Waals surface area (Å²) in [6.07, 6.45) is 3.40. The van der Waals surface area contributed by atoms with Gasteiger partial charge in [-0.15, -0.1) is 0 Å². The van der Waals surface area contributed by atoms with E-state index in [9.17, 15) is 4.79 Å². The number of carbonyl (C=O) groups is 1. The fourth-order valence-corrected chi connectivity index (χ4v) is 3.74. The Hall–Kier alpha value is -2.75. The third-order valence-electron chi connectivity index (χ3n) is 5.20. The first-order chi connectivity index (χ1) is 13.5. The smallest absolute Gasteiger partial charge is 0.220 e. The fraction of sp³-hybridized carbons (Fsp3) is 0.375. The van der Waals surface area contributed by atoms with Crippen molar-refractivity contribution in [1.29, 1.82) is 0 Å². The van der Waals surface area contributed by atoms with Crippen LogP contribution < -0.4 is 10.1 Å². The molecule has 2 aromatic carbocycles. The molecule has 1 atom stereocenters. The van der Waals surface area contributed by atoms with Gasteiger partial charge in [-0.2, -0.15) is 0 Å². The summed E-state index contributed by atoms with van der Waals surface area (Å²) in [5.74, 6) is 1.22. The van der Waals surface area contributed by atoms with E-state index in [1.54, 1.807) is 7.11 Å². The zero-order chi connectivity index (χ0) is 20.1. The molecule has 0 unspecified atom stereocenters. The molecule has 28 heavy (non-hydrogen) atoms. The number of amides is 1. The van der Waals surface area contributed by atoms with Gasteiger partial charge < -0.3 is 15.0 Å². The minimum Gasteiger partial charge on any atom is -0.496 e. The SMILES string of the molecule is CCc1cccc2c([C@@H](CC(=O)NCC(C)C)c3ccccc3OC)c[nH]c12. The molecule has 0 spiro atoms. The third-order valence-corrected chi connectivity index (χ3v) is 5.20. The summed E-state index contributed by atoms with van der Waals surface area (Å²) < 4.78 is 5.62. The standard InChI is InChI=1S/C24H30N2O2/c1-5-17-9-8-11-19-21(15-26-24(17)19)20(13-23(27)25-14-16(2)3)18-10-6-7-12-22(18)28-4/h6-12,15-16,20,26H,5,13-14H2,1-4H3,(H,25,27)/t20-/m0/s1. The van der Waals surface area contributed by atoms with Gasteiger partial charge in [0.15, 0.2) is 0 Å². The summed E-state index contributed by atoms with van der Waals surface area (Å²) in [7, 11) is 1.68. The Labute approximate surface area is 167 Å². The predicted octanol–water partition coefficient (Wildman–Crippen LogP) is 5.03. The Balaban J connectivity index is 2.05. The molecule has 2 N–H and O–H groups in total. The molecule has 0 saturated heterocycles. The lowest BCUT2D eigenvalue weighted by Gasteiger charge is -2.20. The number of nitrogens with one attached hydrogen (secondary N) is 2. The first-order valence-electron chi connectivity index (χ1n) is 10.0. The molecule has 0 aliphatic rings. The highest BCUT2D eigenvalue weighted by Gasteiger charge is 2.24. The van der Waals surface area contributed by atoms with Gasteiger partial charge in [0, 0.05) is 41.5 Å². The number of hydrogen-bond donors (Lipinski definition) is 2. The van der Waals surface area contributed by atoms with Crippen molar-refractivity contribution in [2.75, 3.05) is 13.7 Å². The number of methoxy groups -OCH3 is 1. The van der Waals surface area contributed by atoms with Crippen LogP contribution in [-0.4, -0.2) is 24.5 Å². The molecule has 1 heterocycles. The van der Waals surface area contributed by atoms with Crippen LogP contribution in [0.3, 0.4) is 0 Å². The maximum atomic E-state index is 12.7. The molecule has 4 heteroatoms. The Bertz CT molecular complexity index is 943. The number of hydrogen-bond acceptors (Lipinski definition) is 2. The maximum absolute atomic E-state index is 12.7. The van der Waals surface area contributed by atoms with Crippen LogP contribution in [0.25, 0.3) is 10.9 Å². The molecule has 3 rings (SSSR count). The average Bonchev–Trinajstić information content (AvgIpc) is 3.14. The molecule has 0 aliphatic heterocycles. The van der Waals surface area contributed by atoms with Gasteiger partial charge >= 0.3 is 0 Å². The van der Waals surface area contributed by atoms with E-state index < -0.39 is 0 Å². The number of aryl methyl sites for hydroxylation is 1. The van der Waals surface area contributed by atoms with Crippen LogP contribution in [0, 0.1) is 5.92 Å². The number of rotatable bonds is 8. The van der Waals surface area contributed by atoms with Crippen LogP contribution in [0.5, 0.6) is 5.75 Å². The zero-order valence-corrected chi connectivity index (χ0v) is 17.2. The highest BCUT2D eigenvalue weighted by Crippen LogP contribution is 2.38. The van der Waals surface area contributed by atoms with E-state index in [4.69, 9.17) is 4.74 Å². The van der Waals surface area contributed by atoms with E-state index in [2.05, 4.69) is 61.5 Å². The molecule has 3 aromatic rings. The minimum atomic E-state index is -0.0795. The van der Waals surface area contributed by atoms with Gasteiger partial charge in [-0.1, -0.05) is 57.2 Å². The Morgan fingerprint density at radius 3 is 2.61 bits per heavy atom. The first-order valence-corrected chi connectivity index (χ1v) is 10.0. The summed E-state index contributed by atoms with van der Waals surface area (Å²) in [6.45, 7) is 7.05. The van der Waals surface area contributed by atoms with Crippen molar-refractivity contribution in [2.24, 2.45) is 5.92 Å². The van der Waals surface area contributed by atoms with E-state index in [-0.39, 0.29) is 11.8 Å². The molecule has 0 fully saturated rings. The van der Waals surface area contributed by atoms with Crippen LogP contribution in [0.1, 0.15) is 49.8 Å². The first kappa shape index (κ1) is 20.0. The van der Waals surface area contributed by atoms with E-state index in [1.807, 2.05) is 18.2 Å². The molecule has 0 saturated carbocycles. The second-order valence-corrected chi connectivity index (χ2v) is 7.63. The van der Waals surface area contributed by atoms with E-state index in [1.165, 1.54) is 10.9 Å². The van der Waals surface area contributed by atoms with Crippen molar-refractivity contribution in [3.8, 4) is 5.75 Å². The molecular weight excluding hydrogens is 348 g/mol. The lowest BCUT2D eigenvalue weighted by molar-refractivity contribution is -0.121. The van der Waals surface area contributed by atoms with Gasteiger partial charge in [0.1, 0.15) is 5.75 Å². The van der Waals surface area contributed by atoms with E-state index >= 15 is 0 Å². The number of aromatic amines is 1. The van der Waals surface area contributed by atoms with E-state index in [0.717, 1.165) is 28.8 Å². The van der Waals surface area contributed by atoms with Gasteiger partial charge in [-0.3, -0.25) is 4.79 Å². The van der Waals surface area contributed by atoms with Gasteiger partial charge in [0.2, 0.25) is 5.91 Å². The quantitative estimate of drug-likeness (QED) is 0.577. The fourth-order valence-electron chi connectivity index (χ4n) is 3.74. The number of benzene rings is 2. The van der Waals surface area contributed by atoms with Gasteiger partial charge in [-0.25, -0.2) is 0 Å². The number of fused-ring (bicyclic) bond motifs is 1. The van der Waals surface area contributed by atoms with Gasteiger partial charge in [0.05, 0.1) is 7.11 Å². The highest BCUT2D eigenvalue weighted by molar-refractivity contribution is 5.88. The third kappa shape index (κ3) is 4.22. The van der Waals surface area contributed by atoms with Crippen LogP contribution >= 0.6 is 0 Å². The number of aromatic nitrogens is 1. The van der Waals surface area contributed by atoms with Crippen LogP contribution in [0.15, 0.2) is 48.7 Å². The van der Waals surface area contributed by atoms with Crippen molar-refractivity contribution >= 4 is 16.8 Å². The molecule has 1 amide bonds. The van der Waals surface area contributed by atoms with Crippen LogP contribution in [0.4, 0.5) is 0 Å². The molecule has 4 nitrogen and oxygen atoms in total. The van der Waals surface area contributed by atoms with Crippen LogP contribution in [-0.2, 0) is 11.2 Å². The maximum Gasteiger partial charge on any atom is 0.220 e. The largest absolute Gasteiger partial charge is 0.496 e. The van der Waals surface area contributed by atoms with Crippen molar-refractivity contribution in [3.05, 3.63) is 65.4 Å². The van der Waals surface area contributed by atoms with Gasteiger partial charge in [-0.05, 0) is 29.5 Å². The lowest BCUT2D eigenvalue weighted by Crippen LogP contribution is -2.28. The van der Waals surface area contributed by atoms with E-state index in [0.29, 0.717) is 18.9 Å². The van der Waals surface area contributed by atoms with Crippen LogP contribution in [0.2, 0.25) is 0 Å². The number of ether oxygens (including phenoxy) is 1. The van der Waals surface area contributed by atoms with Gasteiger partial charge in [0.25, 0.3) is 0 Å². The summed E-state index contributed by atoms with van der Waals surface area (Å²) in [4.78, 5) is 16.2. The topological polar surface area (TPSA) is 54.1 Å². The summed E-state index contributed by atoms with van der Waals surface area (Å²) in [6, 6.07) is 14.4. The molecular formula is C24H30N2O2. The second kappa shape index (κ2) is 8.96. The minimum absolute atomic E-state index is 0.0607. The average molecular weight is 379 g/mol. The van der Waals surface area contributed by atoms with Crippen molar-refractivity contribution in [2.45, 2.75) is 39.5 Å². The highest BCUT2D eigenvalue weighted by atomic mass is 16.5. The lowest BCUT2D eigenvalue weighted by atomic mass is 9.87. The normalized spacial score (nSPS) is 12.3. The van der Waals surface area contributed by atoms with Crippen molar-refractivity contribution in [1.82, 2.24) is 10.3 Å². The predicted molar refractivity (Wildman–Crippen MR) is 115 cm³/mol. The molecule has 148 valence electrons. The van der Waals surface area contributed by atoms with Crippen molar-refractivity contribution in [3.63, 3.8) is 0 Å². The monoisotopic (exact) mass is 378 g/mol. The van der Waals surface area contributed by atoms with Crippen molar-refractivity contribution < 1.29 is 9.53 Å². The second-order valence-electron chi connectivity index (χ2n) is 7.63. The number of carbonyl (C=O) groups excluding carboxylic acids is 1. The molecule has 1 aromatic heterocycles. The summed E-state index contributed by atoms with van der Waals surface area (Å²) in [5.41, 5.74) is 4.61.